The van der Waals surface area contributed by atoms with Crippen LogP contribution in [0.2, 0.25) is 0 Å². The normalized spacial score (nSPS) is 19.6. The van der Waals surface area contributed by atoms with Crippen molar-refractivity contribution in [2.45, 2.75) is 45.6 Å². The molecule has 0 aromatic carbocycles. The number of aryl methyl sites for hydroxylation is 1. The smallest absolute Gasteiger partial charge is 0.317 e. The number of nitrogens with zero attached hydrogens (tertiary/aromatic N) is 5. The Labute approximate surface area is 182 Å². The fourth-order valence-corrected chi connectivity index (χ4v) is 4.79. The summed E-state index contributed by atoms with van der Waals surface area (Å²) in [5.74, 6) is 0.116. The van der Waals surface area contributed by atoms with Crippen LogP contribution in [0.5, 0.6) is 0 Å². The number of fused-ring (bicyclic) bond motifs is 2. The van der Waals surface area contributed by atoms with E-state index in [1.807, 2.05) is 30.4 Å². The highest BCUT2D eigenvalue weighted by molar-refractivity contribution is 5.99. The van der Waals surface area contributed by atoms with Gasteiger partial charge in [-0.3, -0.25) is 9.48 Å². The first-order valence-corrected chi connectivity index (χ1v) is 11.1. The number of nitrogens with one attached hydrogen (secondary N) is 1. The van der Waals surface area contributed by atoms with Gasteiger partial charge in [-0.05, 0) is 45.7 Å². The van der Waals surface area contributed by atoms with E-state index in [9.17, 15) is 9.59 Å². The summed E-state index contributed by atoms with van der Waals surface area (Å²) in [7, 11) is 0. The highest BCUT2D eigenvalue weighted by Gasteiger charge is 2.46. The Bertz CT molecular complexity index is 998. The summed E-state index contributed by atoms with van der Waals surface area (Å²) in [6.07, 6.45) is 3.59. The number of hydrogen-bond acceptors (Lipinski definition) is 5. The molecule has 9 heteroatoms. The van der Waals surface area contributed by atoms with E-state index in [0.717, 1.165) is 42.9 Å². The summed E-state index contributed by atoms with van der Waals surface area (Å²) >= 11 is 0. The Morgan fingerprint density at radius 3 is 2.65 bits per heavy atom. The second kappa shape index (κ2) is 8.20. The van der Waals surface area contributed by atoms with Gasteiger partial charge in [0, 0.05) is 62.1 Å². The zero-order valence-corrected chi connectivity index (χ0v) is 18.5. The predicted molar refractivity (Wildman–Crippen MR) is 119 cm³/mol. The molecule has 9 nitrogen and oxygen atoms in total. The second-order valence-corrected chi connectivity index (χ2v) is 8.31. The lowest BCUT2D eigenvalue weighted by molar-refractivity contribution is 0.0773. The maximum absolute atomic E-state index is 12.8. The lowest BCUT2D eigenvalue weighted by Crippen LogP contribution is -2.40. The third-order valence-corrected chi connectivity index (χ3v) is 6.59. The zero-order valence-electron chi connectivity index (χ0n) is 18.5. The quantitative estimate of drug-likeness (QED) is 0.762. The summed E-state index contributed by atoms with van der Waals surface area (Å²) < 4.78 is 2.04. The molecule has 4 rings (SSSR count). The zero-order chi connectivity index (χ0) is 22.2. The highest BCUT2D eigenvalue weighted by Crippen LogP contribution is 2.43. The monoisotopic (exact) mass is 425 g/mol. The number of nitrogen functional groups attached to an aromatic ring is 1. The molecule has 3 N–H and O–H groups in total. The molecule has 1 unspecified atom stereocenters. The second-order valence-electron chi connectivity index (χ2n) is 8.31. The van der Waals surface area contributed by atoms with Gasteiger partial charge < -0.3 is 20.9 Å². The number of urea groups is 1. The summed E-state index contributed by atoms with van der Waals surface area (Å²) in [4.78, 5) is 33.0. The van der Waals surface area contributed by atoms with Crippen molar-refractivity contribution >= 4 is 17.8 Å². The number of pyridine rings is 1. The molecule has 2 aliphatic rings. The fraction of sp³-hybridized carbons (Fsp3) is 0.545. The first-order valence-electron chi connectivity index (χ1n) is 11.1. The lowest BCUT2D eigenvalue weighted by atomic mass is 9.82. The molecule has 0 aliphatic carbocycles. The van der Waals surface area contributed by atoms with Gasteiger partial charge >= 0.3 is 6.03 Å². The van der Waals surface area contributed by atoms with E-state index in [-0.39, 0.29) is 23.2 Å². The highest BCUT2D eigenvalue weighted by atomic mass is 16.2. The Balaban J connectivity index is 1.62. The minimum Gasteiger partial charge on any atom is -0.383 e. The van der Waals surface area contributed by atoms with Gasteiger partial charge in [-0.15, -0.1) is 0 Å². The van der Waals surface area contributed by atoms with E-state index in [4.69, 9.17) is 10.8 Å². The molecule has 2 aliphatic heterocycles. The van der Waals surface area contributed by atoms with Crippen molar-refractivity contribution in [3.05, 3.63) is 29.6 Å². The minimum absolute atomic E-state index is 0.000134. The number of nitrogens with two attached hydrogens (primary N) is 1. The van der Waals surface area contributed by atoms with E-state index in [1.165, 1.54) is 0 Å². The van der Waals surface area contributed by atoms with E-state index in [2.05, 4.69) is 16.4 Å². The molecular formula is C22H31N7O2. The summed E-state index contributed by atoms with van der Waals surface area (Å²) in [5.41, 5.74) is 9.09. The van der Waals surface area contributed by atoms with Crippen LogP contribution in [0.25, 0.3) is 11.3 Å². The number of carbonyl (C=O) groups is 2. The number of aromatic nitrogens is 3. The van der Waals surface area contributed by atoms with Crippen LogP contribution in [0.15, 0.2) is 18.3 Å². The third-order valence-electron chi connectivity index (χ3n) is 6.59. The molecule has 4 heterocycles. The number of anilines is 1. The van der Waals surface area contributed by atoms with Crippen LogP contribution in [0.1, 0.15) is 49.7 Å². The van der Waals surface area contributed by atoms with Gasteiger partial charge in [0.15, 0.2) is 0 Å². The van der Waals surface area contributed by atoms with E-state index in [1.54, 1.807) is 17.2 Å². The molecule has 1 fully saturated rings. The van der Waals surface area contributed by atoms with Crippen molar-refractivity contribution in [3.8, 4) is 11.3 Å². The third kappa shape index (κ3) is 3.62. The number of amides is 3. The molecule has 1 spiro atoms. The van der Waals surface area contributed by atoms with Crippen LogP contribution in [0.3, 0.4) is 0 Å². The topological polar surface area (TPSA) is 109 Å². The van der Waals surface area contributed by atoms with Crippen molar-refractivity contribution in [2.24, 2.45) is 0 Å². The van der Waals surface area contributed by atoms with Crippen LogP contribution in [-0.2, 0) is 12.0 Å². The predicted octanol–water partition coefficient (Wildman–Crippen LogP) is 2.09. The number of carbonyl (C=O) groups excluding carboxylic acids is 2. The first kappa shape index (κ1) is 21.1. The molecular weight excluding hydrogens is 394 g/mol. The Morgan fingerprint density at radius 1 is 1.19 bits per heavy atom. The summed E-state index contributed by atoms with van der Waals surface area (Å²) in [6.45, 7) is 9.95. The maximum Gasteiger partial charge on any atom is 0.317 e. The summed E-state index contributed by atoms with van der Waals surface area (Å²) in [6, 6.07) is 3.89. The number of likely N-dealkylation sites (tertiary alicyclic amines) is 1. The summed E-state index contributed by atoms with van der Waals surface area (Å²) in [5, 5.41) is 7.69. The molecule has 0 radical (unpaired) electrons. The van der Waals surface area contributed by atoms with E-state index >= 15 is 0 Å². The van der Waals surface area contributed by atoms with Crippen LogP contribution in [0, 0.1) is 0 Å². The van der Waals surface area contributed by atoms with Crippen LogP contribution in [-0.4, -0.2) is 69.2 Å². The van der Waals surface area contributed by atoms with Gasteiger partial charge in [0.25, 0.3) is 5.91 Å². The minimum atomic E-state index is -0.117. The van der Waals surface area contributed by atoms with Crippen molar-refractivity contribution in [2.75, 3.05) is 38.5 Å². The standard InChI is InChI=1S/C22H31N7O2/c1-4-24-21(31)28-9-7-22(14-28)8-10-29-18(22)12-17(26-29)15-11-16(19(23)25-13-15)20(30)27(5-2)6-3/h11-13H,4-10,14H2,1-3H3,(H2,23,25)(H,24,31). The van der Waals surface area contributed by atoms with E-state index < -0.39 is 0 Å². The van der Waals surface area contributed by atoms with Crippen LogP contribution < -0.4 is 11.1 Å². The molecule has 0 saturated carbocycles. The number of rotatable bonds is 5. The Hall–Kier alpha value is -3.10. The van der Waals surface area contributed by atoms with Crippen molar-refractivity contribution in [3.63, 3.8) is 0 Å². The van der Waals surface area contributed by atoms with Gasteiger partial charge in [-0.25, -0.2) is 9.78 Å². The van der Waals surface area contributed by atoms with E-state index in [0.29, 0.717) is 31.7 Å². The Kier molecular flexibility index (Phi) is 5.60. The molecule has 2 aromatic heterocycles. The molecule has 1 saturated heterocycles. The average molecular weight is 426 g/mol. The SMILES string of the molecule is CCNC(=O)N1CCC2(CCn3nc(-c4cnc(N)c(C(=O)N(CC)CC)c4)cc32)C1. The van der Waals surface area contributed by atoms with Gasteiger partial charge in [0.2, 0.25) is 0 Å². The van der Waals surface area contributed by atoms with Gasteiger partial charge in [-0.1, -0.05) is 0 Å². The molecule has 2 aromatic rings. The Morgan fingerprint density at radius 2 is 1.94 bits per heavy atom. The first-order chi connectivity index (χ1) is 14.9. The van der Waals surface area contributed by atoms with Crippen molar-refractivity contribution in [1.29, 1.82) is 0 Å². The van der Waals surface area contributed by atoms with Crippen LogP contribution in [0.4, 0.5) is 10.6 Å². The molecule has 31 heavy (non-hydrogen) atoms. The van der Waals surface area contributed by atoms with Gasteiger partial charge in [0.05, 0.1) is 11.3 Å². The van der Waals surface area contributed by atoms with Crippen molar-refractivity contribution < 1.29 is 9.59 Å². The van der Waals surface area contributed by atoms with Crippen LogP contribution >= 0.6 is 0 Å². The maximum atomic E-state index is 12.8. The molecule has 3 amide bonds. The number of hydrogen-bond donors (Lipinski definition) is 2. The molecule has 166 valence electrons. The van der Waals surface area contributed by atoms with Gasteiger partial charge in [-0.2, -0.15) is 5.10 Å². The molecule has 1 atom stereocenters. The molecule has 0 bridgehead atoms. The fourth-order valence-electron chi connectivity index (χ4n) is 4.79. The largest absolute Gasteiger partial charge is 0.383 e. The average Bonchev–Trinajstić information content (AvgIpc) is 3.46. The lowest BCUT2D eigenvalue weighted by Gasteiger charge is -2.23. The van der Waals surface area contributed by atoms with Crippen molar-refractivity contribution in [1.82, 2.24) is 29.9 Å². The van der Waals surface area contributed by atoms with Gasteiger partial charge in [0.1, 0.15) is 5.82 Å².